The summed E-state index contributed by atoms with van der Waals surface area (Å²) in [5, 5.41) is 9.95. The third kappa shape index (κ3) is 7.01. The predicted molar refractivity (Wildman–Crippen MR) is 143 cm³/mol. The molecule has 11 heteroatoms. The lowest BCUT2D eigenvalue weighted by Gasteiger charge is -2.34. The molecule has 1 aliphatic rings. The fourth-order valence-electron chi connectivity index (χ4n) is 5.07. The Hall–Kier alpha value is -4.02. The van der Waals surface area contributed by atoms with Crippen LogP contribution in [0.4, 0.5) is 23.2 Å². The molecule has 1 saturated carbocycles. The Morgan fingerprint density at radius 3 is 2.39 bits per heavy atom. The van der Waals surface area contributed by atoms with Crippen LogP contribution in [0, 0.1) is 17.7 Å². The van der Waals surface area contributed by atoms with Crippen molar-refractivity contribution in [2.75, 3.05) is 4.90 Å². The molecule has 0 spiro atoms. The number of hydrogen-bond acceptors (Lipinski definition) is 5. The van der Waals surface area contributed by atoms with Crippen LogP contribution in [0.25, 0.3) is 0 Å². The topological polar surface area (TPSA) is 92.6 Å². The summed E-state index contributed by atoms with van der Waals surface area (Å²) in [5.41, 5.74) is -1.02. The molecular weight excluding hydrogens is 542 g/mol. The summed E-state index contributed by atoms with van der Waals surface area (Å²) in [4.78, 5) is 34.7. The Balaban J connectivity index is 1.69. The van der Waals surface area contributed by atoms with Gasteiger partial charge >= 0.3 is 12.1 Å². The number of benzene rings is 1. The van der Waals surface area contributed by atoms with Crippen molar-refractivity contribution >= 4 is 17.6 Å². The normalized spacial score (nSPS) is 17.4. The molecule has 1 fully saturated rings. The van der Waals surface area contributed by atoms with Crippen molar-refractivity contribution in [3.63, 3.8) is 0 Å². The minimum atomic E-state index is -4.89. The second kappa shape index (κ2) is 12.2. The van der Waals surface area contributed by atoms with Gasteiger partial charge in [-0.3, -0.25) is 9.78 Å². The van der Waals surface area contributed by atoms with E-state index >= 15 is 4.39 Å². The highest BCUT2D eigenvalue weighted by Gasteiger charge is 2.37. The highest BCUT2D eigenvalue weighted by molar-refractivity contribution is 6.03. The first kappa shape index (κ1) is 30.0. The SMILES string of the molecule is CC1CCC(C(=O)N(c2cc(F)c(Oc3ncc(Cc4cccnc4)cc3C(F)(F)F)cc2C(=O)O)C(C)C)CC1. The van der Waals surface area contributed by atoms with E-state index in [-0.39, 0.29) is 29.5 Å². The fraction of sp³-hybridized carbons (Fsp3) is 0.400. The number of aromatic nitrogens is 2. The number of hydrogen-bond donors (Lipinski definition) is 1. The van der Waals surface area contributed by atoms with Crippen molar-refractivity contribution in [1.82, 2.24) is 9.97 Å². The van der Waals surface area contributed by atoms with Crippen molar-refractivity contribution in [2.45, 2.75) is 65.1 Å². The summed E-state index contributed by atoms with van der Waals surface area (Å²) >= 11 is 0. The van der Waals surface area contributed by atoms with Gasteiger partial charge in [0.25, 0.3) is 0 Å². The molecule has 1 aromatic carbocycles. The summed E-state index contributed by atoms with van der Waals surface area (Å²) < 4.78 is 62.5. The Morgan fingerprint density at radius 2 is 1.80 bits per heavy atom. The number of carbonyl (C=O) groups excluding carboxylic acids is 1. The van der Waals surface area contributed by atoms with Crippen LogP contribution in [0.5, 0.6) is 11.6 Å². The number of pyridine rings is 2. The third-order valence-corrected chi connectivity index (χ3v) is 7.21. The van der Waals surface area contributed by atoms with Crippen LogP contribution in [-0.4, -0.2) is 33.0 Å². The van der Waals surface area contributed by atoms with Gasteiger partial charge in [0.2, 0.25) is 11.8 Å². The van der Waals surface area contributed by atoms with E-state index in [2.05, 4.69) is 16.9 Å². The first-order chi connectivity index (χ1) is 19.3. The van der Waals surface area contributed by atoms with Crippen molar-refractivity contribution in [3.05, 3.63) is 77.0 Å². The number of carboxylic acids is 1. The summed E-state index contributed by atoms with van der Waals surface area (Å²) in [5.74, 6) is -4.47. The minimum Gasteiger partial charge on any atom is -0.478 e. The van der Waals surface area contributed by atoms with Crippen molar-refractivity contribution in [2.24, 2.45) is 11.8 Å². The zero-order valence-electron chi connectivity index (χ0n) is 22.9. The van der Waals surface area contributed by atoms with Crippen LogP contribution in [-0.2, 0) is 17.4 Å². The molecule has 3 aromatic rings. The van der Waals surface area contributed by atoms with Crippen LogP contribution in [0.15, 0.2) is 48.9 Å². The number of alkyl halides is 3. The molecule has 0 aliphatic heterocycles. The van der Waals surface area contributed by atoms with Crippen LogP contribution < -0.4 is 9.64 Å². The number of amides is 1. The van der Waals surface area contributed by atoms with Crippen LogP contribution >= 0.6 is 0 Å². The van der Waals surface area contributed by atoms with E-state index in [9.17, 15) is 27.9 Å². The standard InChI is InChI=1S/C30H31F4N3O4/c1-17(2)37(28(38)21-8-6-18(3)7-9-21)25-14-24(31)26(13-22(25)29(39)40)41-27-23(30(32,33)34)12-20(16-36-27)11-19-5-4-10-35-15-19/h4-5,10,12-18,21H,6-9,11H2,1-3H3,(H,39,40). The maximum absolute atomic E-state index is 15.4. The maximum atomic E-state index is 15.4. The number of nitrogens with zero attached hydrogens (tertiary/aromatic N) is 3. The minimum absolute atomic E-state index is 0.120. The number of halogens is 4. The molecule has 0 saturated heterocycles. The Kier molecular flexibility index (Phi) is 8.94. The molecule has 1 aliphatic carbocycles. The van der Waals surface area contributed by atoms with Gasteiger partial charge in [0.05, 0.1) is 11.3 Å². The van der Waals surface area contributed by atoms with E-state index in [1.165, 1.54) is 23.5 Å². The lowest BCUT2D eigenvalue weighted by atomic mass is 9.82. The second-order valence-electron chi connectivity index (χ2n) is 10.7. The Bertz CT molecular complexity index is 1400. The molecule has 1 N–H and O–H groups in total. The van der Waals surface area contributed by atoms with Gasteiger partial charge in [0.1, 0.15) is 5.56 Å². The molecule has 218 valence electrons. The smallest absolute Gasteiger partial charge is 0.421 e. The average molecular weight is 574 g/mol. The summed E-state index contributed by atoms with van der Waals surface area (Å²) in [7, 11) is 0. The molecule has 2 aromatic heterocycles. The molecular formula is C30H31F4N3O4. The van der Waals surface area contributed by atoms with E-state index < -0.39 is 46.8 Å². The first-order valence-corrected chi connectivity index (χ1v) is 13.4. The zero-order valence-corrected chi connectivity index (χ0v) is 22.9. The van der Waals surface area contributed by atoms with E-state index in [1.807, 2.05) is 0 Å². The van der Waals surface area contributed by atoms with E-state index in [0.29, 0.717) is 24.3 Å². The number of rotatable bonds is 8. The molecule has 0 unspecified atom stereocenters. The largest absolute Gasteiger partial charge is 0.478 e. The van der Waals surface area contributed by atoms with Crippen LogP contribution in [0.3, 0.4) is 0 Å². The Labute approximate surface area is 235 Å². The maximum Gasteiger partial charge on any atom is 0.421 e. The second-order valence-corrected chi connectivity index (χ2v) is 10.7. The van der Waals surface area contributed by atoms with Crippen molar-refractivity contribution < 1.29 is 37.0 Å². The first-order valence-electron chi connectivity index (χ1n) is 13.4. The van der Waals surface area contributed by atoms with Gasteiger partial charge in [-0.15, -0.1) is 0 Å². The molecule has 1 amide bonds. The van der Waals surface area contributed by atoms with Gasteiger partial charge in [-0.2, -0.15) is 13.2 Å². The van der Waals surface area contributed by atoms with Crippen LogP contribution in [0.2, 0.25) is 0 Å². The highest BCUT2D eigenvalue weighted by Crippen LogP contribution is 2.40. The van der Waals surface area contributed by atoms with Crippen molar-refractivity contribution in [1.29, 1.82) is 0 Å². The zero-order chi connectivity index (χ0) is 29.9. The molecule has 41 heavy (non-hydrogen) atoms. The molecule has 7 nitrogen and oxygen atoms in total. The van der Waals surface area contributed by atoms with Crippen LogP contribution in [0.1, 0.15) is 73.5 Å². The van der Waals surface area contributed by atoms with Crippen molar-refractivity contribution in [3.8, 4) is 11.6 Å². The van der Waals surface area contributed by atoms with E-state index in [4.69, 9.17) is 4.74 Å². The van der Waals surface area contributed by atoms with Gasteiger partial charge < -0.3 is 14.7 Å². The molecule has 0 bridgehead atoms. The number of carbonyl (C=O) groups is 2. The Morgan fingerprint density at radius 1 is 1.10 bits per heavy atom. The molecule has 2 heterocycles. The number of anilines is 1. The summed E-state index contributed by atoms with van der Waals surface area (Å²) in [6, 6.07) is 5.33. The third-order valence-electron chi connectivity index (χ3n) is 7.21. The molecule has 4 rings (SSSR count). The quantitative estimate of drug-likeness (QED) is 0.285. The monoisotopic (exact) mass is 573 g/mol. The lowest BCUT2D eigenvalue weighted by Crippen LogP contribution is -2.43. The predicted octanol–water partition coefficient (Wildman–Crippen LogP) is 7.28. The van der Waals surface area contributed by atoms with E-state index in [1.54, 1.807) is 26.0 Å². The van der Waals surface area contributed by atoms with Gasteiger partial charge in [-0.25, -0.2) is 14.2 Å². The van der Waals surface area contributed by atoms with E-state index in [0.717, 1.165) is 31.0 Å². The highest BCUT2D eigenvalue weighted by atomic mass is 19.4. The van der Waals surface area contributed by atoms with Gasteiger partial charge in [-0.05, 0) is 68.7 Å². The molecule has 0 atom stereocenters. The molecule has 0 radical (unpaired) electrons. The number of carboxylic acid groups (broad SMARTS) is 1. The summed E-state index contributed by atoms with van der Waals surface area (Å²) in [6.07, 6.45) is 2.44. The van der Waals surface area contributed by atoms with Gasteiger partial charge in [0, 0.05) is 49.1 Å². The number of aromatic carboxylic acids is 1. The van der Waals surface area contributed by atoms with Gasteiger partial charge in [-0.1, -0.05) is 13.0 Å². The summed E-state index contributed by atoms with van der Waals surface area (Å²) in [6.45, 7) is 5.47. The fourth-order valence-corrected chi connectivity index (χ4v) is 5.07. The van der Waals surface area contributed by atoms with Gasteiger partial charge in [0.15, 0.2) is 11.6 Å². The average Bonchev–Trinajstić information content (AvgIpc) is 2.91. The lowest BCUT2D eigenvalue weighted by molar-refractivity contribution is -0.139. The number of ether oxygens (including phenoxy) is 1.